The van der Waals surface area contributed by atoms with Crippen LogP contribution in [-0.2, 0) is 23.6 Å². The van der Waals surface area contributed by atoms with Crippen molar-refractivity contribution >= 4 is 22.6 Å². The zero-order valence-electron chi connectivity index (χ0n) is 13.3. The van der Waals surface area contributed by atoms with E-state index in [0.29, 0.717) is 0 Å². The Morgan fingerprint density at radius 3 is 2.42 bits per heavy atom. The molecule has 0 fully saturated rings. The van der Waals surface area contributed by atoms with Crippen LogP contribution < -0.4 is 0 Å². The summed E-state index contributed by atoms with van der Waals surface area (Å²) in [7, 11) is -1.15. The topological polar surface area (TPSA) is 17.1 Å². The summed E-state index contributed by atoms with van der Waals surface area (Å²) in [6.45, 7) is 0. The fourth-order valence-electron chi connectivity index (χ4n) is 3.09. The lowest BCUT2D eigenvalue weighted by molar-refractivity contribution is 0.681. The van der Waals surface area contributed by atoms with Gasteiger partial charge >= 0.3 is 0 Å². The minimum Gasteiger partial charge on any atom is -0.249 e. The van der Waals surface area contributed by atoms with Gasteiger partial charge in [-0.1, -0.05) is 48.2 Å². The van der Waals surface area contributed by atoms with Gasteiger partial charge in [0.1, 0.15) is 0 Å². The number of aryl methyl sites for hydroxylation is 2. The molecule has 1 aliphatic carbocycles. The summed E-state index contributed by atoms with van der Waals surface area (Å²) in [6, 6.07) is 24.6. The van der Waals surface area contributed by atoms with Gasteiger partial charge in [-0.05, 0) is 66.8 Å². The van der Waals surface area contributed by atoms with E-state index in [0.717, 1.165) is 32.4 Å². The molecule has 0 heterocycles. The molecular weight excluding hydrogens is 332 g/mol. The summed E-state index contributed by atoms with van der Waals surface area (Å²) in [6.07, 6.45) is 3.48. The molecule has 0 radical (unpaired) electrons. The van der Waals surface area contributed by atoms with Crippen LogP contribution in [0.3, 0.4) is 0 Å². The van der Waals surface area contributed by atoms with Gasteiger partial charge in [0, 0.05) is 14.7 Å². The second kappa shape index (κ2) is 6.96. The molecule has 1 nitrogen and oxygen atoms in total. The van der Waals surface area contributed by atoms with Crippen LogP contribution in [0.4, 0.5) is 0 Å². The molecule has 0 N–H and O–H groups in total. The van der Waals surface area contributed by atoms with E-state index in [2.05, 4.69) is 30.3 Å². The van der Waals surface area contributed by atoms with E-state index in [4.69, 9.17) is 0 Å². The maximum Gasteiger partial charge on any atom is 0.0861 e. The Morgan fingerprint density at radius 1 is 0.792 bits per heavy atom. The summed E-state index contributed by atoms with van der Waals surface area (Å²) < 4.78 is 13.2. The molecule has 0 saturated heterocycles. The molecule has 120 valence electrons. The van der Waals surface area contributed by atoms with E-state index in [1.54, 1.807) is 11.8 Å². The lowest BCUT2D eigenvalue weighted by Gasteiger charge is -2.10. The van der Waals surface area contributed by atoms with Crippen LogP contribution in [0.2, 0.25) is 0 Å². The number of hydrogen-bond acceptors (Lipinski definition) is 2. The molecule has 1 aliphatic rings. The molecule has 3 aromatic rings. The van der Waals surface area contributed by atoms with Gasteiger partial charge in [0.2, 0.25) is 0 Å². The SMILES string of the molecule is O=S(c1ccc2c(c1)CCC2)c1ccccc1Sc1ccccc1. The van der Waals surface area contributed by atoms with Crippen molar-refractivity contribution in [3.63, 3.8) is 0 Å². The Balaban J connectivity index is 1.67. The minimum atomic E-state index is -1.15. The molecule has 0 bridgehead atoms. The van der Waals surface area contributed by atoms with Crippen LogP contribution in [0, 0.1) is 0 Å². The highest BCUT2D eigenvalue weighted by Gasteiger charge is 2.16. The molecular formula is C21H18OS2. The molecule has 0 amide bonds. The highest BCUT2D eigenvalue weighted by atomic mass is 32.2. The summed E-state index contributed by atoms with van der Waals surface area (Å²) >= 11 is 1.67. The van der Waals surface area contributed by atoms with Crippen molar-refractivity contribution in [2.75, 3.05) is 0 Å². The van der Waals surface area contributed by atoms with Gasteiger partial charge in [-0.3, -0.25) is 0 Å². The zero-order chi connectivity index (χ0) is 16.4. The van der Waals surface area contributed by atoms with Gasteiger partial charge in [0.15, 0.2) is 0 Å². The summed E-state index contributed by atoms with van der Waals surface area (Å²) in [5.74, 6) is 0. The molecule has 3 heteroatoms. The number of fused-ring (bicyclic) bond motifs is 1. The van der Waals surface area contributed by atoms with Crippen LogP contribution in [0.5, 0.6) is 0 Å². The van der Waals surface area contributed by atoms with Gasteiger partial charge < -0.3 is 0 Å². The first-order valence-electron chi connectivity index (χ1n) is 8.17. The van der Waals surface area contributed by atoms with E-state index < -0.39 is 10.8 Å². The maximum atomic E-state index is 13.2. The molecule has 0 spiro atoms. The second-order valence-corrected chi connectivity index (χ2v) is 8.48. The lowest BCUT2D eigenvalue weighted by atomic mass is 10.1. The maximum absolute atomic E-state index is 13.2. The Labute approximate surface area is 149 Å². The molecule has 24 heavy (non-hydrogen) atoms. The summed E-state index contributed by atoms with van der Waals surface area (Å²) in [4.78, 5) is 4.03. The van der Waals surface area contributed by atoms with Crippen LogP contribution in [0.25, 0.3) is 0 Å². The average Bonchev–Trinajstić information content (AvgIpc) is 3.10. The van der Waals surface area contributed by atoms with E-state index in [1.165, 1.54) is 17.5 Å². The minimum absolute atomic E-state index is 0.893. The first kappa shape index (κ1) is 15.7. The van der Waals surface area contributed by atoms with Gasteiger partial charge in [-0.2, -0.15) is 0 Å². The number of rotatable bonds is 4. The van der Waals surface area contributed by atoms with Crippen molar-refractivity contribution < 1.29 is 4.21 Å². The molecule has 0 saturated carbocycles. The van der Waals surface area contributed by atoms with Crippen LogP contribution in [0.15, 0.2) is 92.4 Å². The lowest BCUT2D eigenvalue weighted by Crippen LogP contribution is -1.96. The quantitative estimate of drug-likeness (QED) is 0.618. The van der Waals surface area contributed by atoms with Gasteiger partial charge in [0.25, 0.3) is 0 Å². The van der Waals surface area contributed by atoms with E-state index >= 15 is 0 Å². The van der Waals surface area contributed by atoms with Crippen molar-refractivity contribution in [2.24, 2.45) is 0 Å². The Kier molecular flexibility index (Phi) is 4.54. The third-order valence-corrected chi connectivity index (χ3v) is 6.95. The highest BCUT2D eigenvalue weighted by Crippen LogP contribution is 2.34. The van der Waals surface area contributed by atoms with Crippen LogP contribution >= 0.6 is 11.8 Å². The predicted octanol–water partition coefficient (Wildman–Crippen LogP) is 5.49. The van der Waals surface area contributed by atoms with E-state index in [9.17, 15) is 4.21 Å². The summed E-state index contributed by atoms with van der Waals surface area (Å²) in [5.41, 5.74) is 2.79. The smallest absolute Gasteiger partial charge is 0.0861 e. The van der Waals surface area contributed by atoms with Crippen molar-refractivity contribution in [1.82, 2.24) is 0 Å². The van der Waals surface area contributed by atoms with Crippen LogP contribution in [0.1, 0.15) is 17.5 Å². The predicted molar refractivity (Wildman–Crippen MR) is 100 cm³/mol. The third-order valence-electron chi connectivity index (χ3n) is 4.30. The molecule has 3 aromatic carbocycles. The number of benzene rings is 3. The first-order valence-corrected chi connectivity index (χ1v) is 10.1. The molecule has 4 rings (SSSR count). The molecule has 0 aliphatic heterocycles. The Bertz CT molecular complexity index is 887. The van der Waals surface area contributed by atoms with Gasteiger partial charge in [-0.15, -0.1) is 0 Å². The highest BCUT2D eigenvalue weighted by molar-refractivity contribution is 8.00. The van der Waals surface area contributed by atoms with Crippen LogP contribution in [-0.4, -0.2) is 4.21 Å². The Morgan fingerprint density at radius 2 is 1.54 bits per heavy atom. The normalized spacial score (nSPS) is 14.3. The first-order chi connectivity index (χ1) is 11.8. The van der Waals surface area contributed by atoms with Crippen molar-refractivity contribution in [1.29, 1.82) is 0 Å². The monoisotopic (exact) mass is 350 g/mol. The fraction of sp³-hybridized carbons (Fsp3) is 0.143. The molecule has 1 unspecified atom stereocenters. The largest absolute Gasteiger partial charge is 0.249 e. The Hall–Kier alpha value is -1.84. The zero-order valence-corrected chi connectivity index (χ0v) is 14.9. The van der Waals surface area contributed by atoms with Gasteiger partial charge in [-0.25, -0.2) is 4.21 Å². The second-order valence-electron chi connectivity index (χ2n) is 5.91. The number of hydrogen-bond donors (Lipinski definition) is 0. The average molecular weight is 351 g/mol. The van der Waals surface area contributed by atoms with Crippen molar-refractivity contribution in [2.45, 2.75) is 38.8 Å². The van der Waals surface area contributed by atoms with E-state index in [-0.39, 0.29) is 0 Å². The standard InChI is InChI=1S/C21H18OS2/c22-24(19-14-13-16-7-6-8-17(16)15-19)21-12-5-4-11-20(21)23-18-9-2-1-3-10-18/h1-5,9-15H,6-8H2. The van der Waals surface area contributed by atoms with Crippen molar-refractivity contribution in [3.8, 4) is 0 Å². The fourth-order valence-corrected chi connectivity index (χ4v) is 5.46. The third kappa shape index (κ3) is 3.19. The van der Waals surface area contributed by atoms with Crippen molar-refractivity contribution in [3.05, 3.63) is 83.9 Å². The van der Waals surface area contributed by atoms with Gasteiger partial charge in [0.05, 0.1) is 15.7 Å². The van der Waals surface area contributed by atoms with E-state index in [1.807, 2.05) is 42.5 Å². The molecule has 0 aromatic heterocycles. The summed E-state index contributed by atoms with van der Waals surface area (Å²) in [5, 5.41) is 0. The molecule has 1 atom stereocenters.